The molecule has 1 aliphatic rings. The van der Waals surface area contributed by atoms with Crippen molar-refractivity contribution in [2.24, 2.45) is 4.99 Å². The van der Waals surface area contributed by atoms with E-state index in [-0.39, 0.29) is 33.4 Å². The highest BCUT2D eigenvalue weighted by Crippen LogP contribution is 2.42. The van der Waals surface area contributed by atoms with E-state index < -0.39 is 42.0 Å². The summed E-state index contributed by atoms with van der Waals surface area (Å²) in [5.74, 6) is -0.494. The molecule has 0 aliphatic carbocycles. The van der Waals surface area contributed by atoms with Crippen LogP contribution in [0.15, 0.2) is 51.2 Å². The number of fused-ring (bicyclic) bond motifs is 2. The lowest BCUT2D eigenvalue weighted by molar-refractivity contribution is 0.251. The minimum absolute atomic E-state index is 0.00222. The smallest absolute Gasteiger partial charge is 0.296 e. The molecule has 2 aromatic carbocycles. The van der Waals surface area contributed by atoms with Gasteiger partial charge in [-0.1, -0.05) is 12.1 Å². The van der Waals surface area contributed by atoms with Crippen LogP contribution in [0.1, 0.15) is 17.2 Å². The Morgan fingerprint density at radius 1 is 1.00 bits per heavy atom. The highest BCUT2D eigenvalue weighted by Gasteiger charge is 2.32. The number of aromatic nitrogens is 1. The number of nitrogens with zero attached hydrogens (tertiary/aromatic N) is 1. The van der Waals surface area contributed by atoms with Crippen molar-refractivity contribution in [3.05, 3.63) is 47.5 Å². The first-order chi connectivity index (χ1) is 13.0. The maximum atomic E-state index is 11.6. The summed E-state index contributed by atoms with van der Waals surface area (Å²) in [5, 5.41) is 21.1. The Labute approximate surface area is 158 Å². The molecule has 28 heavy (non-hydrogen) atoms. The van der Waals surface area contributed by atoms with Crippen molar-refractivity contribution in [2.45, 2.75) is 15.9 Å². The van der Waals surface area contributed by atoms with Crippen LogP contribution in [0.3, 0.4) is 0 Å². The Hall–Kier alpha value is -2.77. The molecular weight excluding hydrogens is 412 g/mol. The largest absolute Gasteiger partial charge is 0.494 e. The third kappa shape index (κ3) is 2.78. The van der Waals surface area contributed by atoms with Gasteiger partial charge in [-0.3, -0.25) is 9.11 Å². The first-order valence-corrected chi connectivity index (χ1v) is 10.6. The summed E-state index contributed by atoms with van der Waals surface area (Å²) in [4.78, 5) is 5.75. The van der Waals surface area contributed by atoms with Crippen molar-refractivity contribution in [1.29, 1.82) is 0 Å². The fourth-order valence-corrected chi connectivity index (χ4v) is 4.38. The maximum Gasteiger partial charge on any atom is 0.296 e. The lowest BCUT2D eigenvalue weighted by Crippen LogP contribution is -2.09. The molecule has 10 nitrogen and oxygen atoms in total. The van der Waals surface area contributed by atoms with Gasteiger partial charge in [0.15, 0.2) is 5.88 Å². The van der Waals surface area contributed by atoms with Crippen LogP contribution >= 0.6 is 0 Å². The van der Waals surface area contributed by atoms with Crippen molar-refractivity contribution >= 4 is 42.5 Å². The fraction of sp³-hybridized carbons (Fsp3) is 0.0625. The molecule has 0 spiro atoms. The van der Waals surface area contributed by atoms with E-state index in [1.54, 1.807) is 0 Å². The summed E-state index contributed by atoms with van der Waals surface area (Å²) >= 11 is 0. The lowest BCUT2D eigenvalue weighted by Gasteiger charge is -2.08. The van der Waals surface area contributed by atoms with Crippen LogP contribution in [0, 0.1) is 0 Å². The second-order valence-corrected chi connectivity index (χ2v) is 8.91. The van der Waals surface area contributed by atoms with E-state index in [9.17, 15) is 36.2 Å². The topological polar surface area (TPSA) is 177 Å². The molecule has 2 heterocycles. The van der Waals surface area contributed by atoms with Gasteiger partial charge in [-0.25, -0.2) is 4.99 Å². The van der Waals surface area contributed by atoms with Crippen molar-refractivity contribution < 1.29 is 36.2 Å². The summed E-state index contributed by atoms with van der Waals surface area (Å²) < 4.78 is 64.3. The van der Waals surface area contributed by atoms with Gasteiger partial charge in [0, 0.05) is 10.9 Å². The predicted octanol–water partition coefficient (Wildman–Crippen LogP) is 1.53. The van der Waals surface area contributed by atoms with Gasteiger partial charge in [-0.2, -0.15) is 16.8 Å². The highest BCUT2D eigenvalue weighted by atomic mass is 32.2. The Kier molecular flexibility index (Phi) is 3.89. The van der Waals surface area contributed by atoms with Gasteiger partial charge in [0.25, 0.3) is 20.2 Å². The molecule has 0 bridgehead atoms. The molecule has 0 amide bonds. The summed E-state index contributed by atoms with van der Waals surface area (Å²) in [7, 11) is -9.08. The molecular formula is C16H12N2O8S2. The number of aromatic hydroxyl groups is 1. The molecule has 1 aromatic heterocycles. The van der Waals surface area contributed by atoms with Gasteiger partial charge in [0.2, 0.25) is 0 Å². The number of hydrogen-bond donors (Lipinski definition) is 5. The van der Waals surface area contributed by atoms with Crippen molar-refractivity contribution in [2.75, 3.05) is 0 Å². The normalized spacial score (nSPS) is 17.0. The van der Waals surface area contributed by atoms with Crippen LogP contribution in [0.25, 0.3) is 10.9 Å². The Morgan fingerprint density at radius 2 is 1.71 bits per heavy atom. The van der Waals surface area contributed by atoms with Crippen LogP contribution in [0.4, 0.5) is 5.69 Å². The summed E-state index contributed by atoms with van der Waals surface area (Å²) in [5.41, 5.74) is 0.165. The molecule has 1 atom stereocenters. The second-order valence-electron chi connectivity index (χ2n) is 6.10. The summed E-state index contributed by atoms with van der Waals surface area (Å²) in [6, 6.07) is 7.38. The molecule has 4 rings (SSSR count). The van der Waals surface area contributed by atoms with E-state index in [1.807, 2.05) is 0 Å². The molecule has 1 unspecified atom stereocenters. The number of aliphatic hydroxyl groups excluding tert-OH is 1. The van der Waals surface area contributed by atoms with Gasteiger partial charge in [-0.15, -0.1) is 0 Å². The predicted molar refractivity (Wildman–Crippen MR) is 97.2 cm³/mol. The van der Waals surface area contributed by atoms with E-state index >= 15 is 0 Å². The number of aliphatic hydroxyl groups is 1. The molecule has 3 aromatic rings. The number of para-hydroxylation sites is 1. The number of H-pyrrole nitrogens is 1. The number of nitrogens with one attached hydrogen (secondary N) is 1. The Morgan fingerprint density at radius 3 is 2.36 bits per heavy atom. The molecule has 0 radical (unpaired) electrons. The Balaban J connectivity index is 1.91. The van der Waals surface area contributed by atoms with Crippen molar-refractivity contribution in [3.63, 3.8) is 0 Å². The maximum absolute atomic E-state index is 11.6. The van der Waals surface area contributed by atoms with Crippen LogP contribution in [0.5, 0.6) is 5.88 Å². The average molecular weight is 424 g/mol. The van der Waals surface area contributed by atoms with Gasteiger partial charge in [-0.05, 0) is 24.3 Å². The Bertz CT molecular complexity index is 1390. The molecule has 0 saturated carbocycles. The molecule has 5 N–H and O–H groups in total. The van der Waals surface area contributed by atoms with Crippen molar-refractivity contribution in [3.8, 4) is 5.88 Å². The van der Waals surface area contributed by atoms with Crippen LogP contribution in [-0.4, -0.2) is 46.8 Å². The molecule has 1 aliphatic heterocycles. The molecule has 12 heteroatoms. The monoisotopic (exact) mass is 424 g/mol. The minimum atomic E-state index is -4.58. The van der Waals surface area contributed by atoms with Crippen LogP contribution < -0.4 is 0 Å². The summed E-state index contributed by atoms with van der Waals surface area (Å²) in [6.07, 6.45) is -1.45. The standard InChI is InChI=1S/C16H12N2O8S2/c19-15-9-6-7(27(21,22)23)4-5-10(9)17-14(15)12-8-2-1-3-11(28(24,25)26)13(8)18-16(12)20/h1-6,15,18-20H,(H,21,22,23)(H,24,25,26). The average Bonchev–Trinajstić information content (AvgIpc) is 3.08. The highest BCUT2D eigenvalue weighted by molar-refractivity contribution is 7.86. The van der Waals surface area contributed by atoms with E-state index in [2.05, 4.69) is 9.98 Å². The molecule has 0 saturated heterocycles. The van der Waals surface area contributed by atoms with Gasteiger partial charge < -0.3 is 15.2 Å². The van der Waals surface area contributed by atoms with Gasteiger partial charge in [0.1, 0.15) is 11.0 Å². The van der Waals surface area contributed by atoms with E-state index in [1.165, 1.54) is 18.2 Å². The fourth-order valence-electron chi connectivity index (χ4n) is 3.20. The molecule has 146 valence electrons. The number of hydrogen-bond acceptors (Lipinski definition) is 7. The van der Waals surface area contributed by atoms with Crippen LogP contribution in [-0.2, 0) is 20.2 Å². The summed E-state index contributed by atoms with van der Waals surface area (Å²) in [6.45, 7) is 0. The van der Waals surface area contributed by atoms with Crippen molar-refractivity contribution in [1.82, 2.24) is 4.98 Å². The van der Waals surface area contributed by atoms with E-state index in [0.717, 1.165) is 18.2 Å². The first-order valence-electron chi connectivity index (χ1n) is 7.68. The number of aromatic amines is 1. The third-order valence-electron chi connectivity index (χ3n) is 4.40. The zero-order chi connectivity index (χ0) is 20.4. The van der Waals surface area contributed by atoms with Crippen LogP contribution in [0.2, 0.25) is 0 Å². The zero-order valence-corrected chi connectivity index (χ0v) is 15.4. The molecule has 0 fully saturated rings. The first kappa shape index (κ1) is 18.6. The number of rotatable bonds is 3. The zero-order valence-electron chi connectivity index (χ0n) is 13.7. The lowest BCUT2D eigenvalue weighted by atomic mass is 10.0. The van der Waals surface area contributed by atoms with E-state index in [0.29, 0.717) is 0 Å². The second kappa shape index (κ2) is 5.86. The number of aliphatic imine (C=N–C) groups is 1. The van der Waals surface area contributed by atoms with Gasteiger partial charge in [0.05, 0.1) is 27.4 Å². The SMILES string of the molecule is O=S(=O)(O)c1ccc2c(c1)C(O)C(c1c(O)[nH]c3c(S(=O)(=O)O)cccc13)=N2. The minimum Gasteiger partial charge on any atom is -0.494 e. The van der Waals surface area contributed by atoms with Gasteiger partial charge >= 0.3 is 0 Å². The number of benzene rings is 2. The van der Waals surface area contributed by atoms with E-state index in [4.69, 9.17) is 0 Å². The quantitative estimate of drug-likeness (QED) is 0.393. The third-order valence-corrected chi connectivity index (χ3v) is 6.15.